The Kier molecular flexibility index (Phi) is 4.32. The molecule has 1 atom stereocenters. The van der Waals surface area contributed by atoms with Crippen LogP contribution in [0.15, 0.2) is 24.7 Å². The van der Waals surface area contributed by atoms with Crippen LogP contribution in [-0.2, 0) is 0 Å². The molecule has 0 aliphatic carbocycles. The molecule has 0 aliphatic rings. The van der Waals surface area contributed by atoms with Gasteiger partial charge < -0.3 is 14.8 Å². The van der Waals surface area contributed by atoms with Gasteiger partial charge in [-0.25, -0.2) is 4.98 Å². The van der Waals surface area contributed by atoms with Crippen molar-refractivity contribution in [3.05, 3.63) is 35.9 Å². The lowest BCUT2D eigenvalue weighted by Crippen LogP contribution is -2.40. The number of hydrogen-bond donors (Lipinski definition) is 2. The van der Waals surface area contributed by atoms with Gasteiger partial charge in [-0.3, -0.25) is 4.79 Å². The van der Waals surface area contributed by atoms with Gasteiger partial charge in [-0.15, -0.1) is 0 Å². The van der Waals surface area contributed by atoms with Crippen molar-refractivity contribution in [1.29, 1.82) is 0 Å². The van der Waals surface area contributed by atoms with E-state index in [0.29, 0.717) is 5.56 Å². The van der Waals surface area contributed by atoms with Gasteiger partial charge in [-0.05, 0) is 30.9 Å². The average Bonchev–Trinajstić information content (AvgIpc) is 2.85. The first-order chi connectivity index (χ1) is 9.81. The minimum absolute atomic E-state index is 0.0457. The maximum absolute atomic E-state index is 12.4. The number of imidazole rings is 1. The van der Waals surface area contributed by atoms with Crippen molar-refractivity contribution in [3.8, 4) is 0 Å². The van der Waals surface area contributed by atoms with E-state index in [9.17, 15) is 9.90 Å². The molecule has 114 valence electrons. The van der Waals surface area contributed by atoms with Crippen LogP contribution in [-0.4, -0.2) is 33.0 Å². The van der Waals surface area contributed by atoms with E-state index in [1.54, 1.807) is 18.6 Å². The maximum atomic E-state index is 12.4. The summed E-state index contributed by atoms with van der Waals surface area (Å²) in [5.41, 5.74) is 2.45. The minimum Gasteiger partial charge on any atom is -0.394 e. The van der Waals surface area contributed by atoms with Crippen molar-refractivity contribution in [3.63, 3.8) is 0 Å². The zero-order valence-electron chi connectivity index (χ0n) is 13.1. The first kappa shape index (κ1) is 15.5. The monoisotopic (exact) mass is 289 g/mol. The number of fused-ring (bicyclic) bond motifs is 1. The van der Waals surface area contributed by atoms with Crippen LogP contribution in [0.3, 0.4) is 0 Å². The van der Waals surface area contributed by atoms with Gasteiger partial charge in [0.05, 0.1) is 36.3 Å². The van der Waals surface area contributed by atoms with Crippen LogP contribution in [0.4, 0.5) is 0 Å². The number of rotatable bonds is 4. The maximum Gasteiger partial charge on any atom is 0.253 e. The molecule has 0 fully saturated rings. The molecule has 2 aromatic rings. The molecule has 21 heavy (non-hydrogen) atoms. The van der Waals surface area contributed by atoms with Crippen molar-refractivity contribution in [2.24, 2.45) is 5.41 Å². The number of nitrogens with one attached hydrogen (secondary N) is 1. The Morgan fingerprint density at radius 1 is 1.43 bits per heavy atom. The molecule has 0 bridgehead atoms. The summed E-state index contributed by atoms with van der Waals surface area (Å²) >= 11 is 0. The van der Waals surface area contributed by atoms with E-state index in [-0.39, 0.29) is 24.0 Å². The molecule has 5 nitrogen and oxygen atoms in total. The van der Waals surface area contributed by atoms with E-state index < -0.39 is 0 Å². The standard InChI is InChI=1S/C16H23N3O2/c1-11-14(6-5-13-8-17-10-19(11)13)15(21)18-12(9-20)7-16(2,3)4/h5-6,8,10,12,20H,7,9H2,1-4H3,(H,18,21). The molecule has 5 heteroatoms. The predicted octanol–water partition coefficient (Wildman–Crippen LogP) is 2.17. The first-order valence-electron chi connectivity index (χ1n) is 7.15. The van der Waals surface area contributed by atoms with Gasteiger partial charge in [0.15, 0.2) is 0 Å². The highest BCUT2D eigenvalue weighted by atomic mass is 16.3. The van der Waals surface area contributed by atoms with Gasteiger partial charge in [0.1, 0.15) is 0 Å². The summed E-state index contributed by atoms with van der Waals surface area (Å²) in [5, 5.41) is 12.4. The van der Waals surface area contributed by atoms with Crippen LogP contribution < -0.4 is 5.32 Å². The average molecular weight is 289 g/mol. The number of hydrogen-bond acceptors (Lipinski definition) is 3. The molecule has 0 aromatic carbocycles. The summed E-state index contributed by atoms with van der Waals surface area (Å²) in [4.78, 5) is 16.5. The Morgan fingerprint density at radius 3 is 2.76 bits per heavy atom. The predicted molar refractivity (Wildman–Crippen MR) is 82.3 cm³/mol. The SMILES string of the molecule is Cc1c(C(=O)NC(CO)CC(C)(C)C)ccc2cncn12. The number of carbonyl (C=O) groups excluding carboxylic acids is 1. The molecular weight excluding hydrogens is 266 g/mol. The van der Waals surface area contributed by atoms with Crippen molar-refractivity contribution in [2.45, 2.75) is 40.2 Å². The third kappa shape index (κ3) is 3.61. The summed E-state index contributed by atoms with van der Waals surface area (Å²) in [6, 6.07) is 3.43. The molecule has 1 amide bonds. The smallest absolute Gasteiger partial charge is 0.253 e. The Hall–Kier alpha value is -1.88. The lowest BCUT2D eigenvalue weighted by molar-refractivity contribution is 0.0896. The highest BCUT2D eigenvalue weighted by molar-refractivity contribution is 5.95. The molecule has 2 N–H and O–H groups in total. The number of aryl methyl sites for hydroxylation is 1. The number of aliphatic hydroxyl groups is 1. The van der Waals surface area contributed by atoms with E-state index in [2.05, 4.69) is 31.1 Å². The fraction of sp³-hybridized carbons (Fsp3) is 0.500. The zero-order chi connectivity index (χ0) is 15.6. The number of nitrogens with zero attached hydrogens (tertiary/aromatic N) is 2. The van der Waals surface area contributed by atoms with Gasteiger partial charge in [0.25, 0.3) is 5.91 Å². The third-order valence-corrected chi connectivity index (χ3v) is 3.50. The Bertz CT molecular complexity index is 640. The molecule has 2 rings (SSSR count). The largest absolute Gasteiger partial charge is 0.394 e. The molecule has 2 heterocycles. The summed E-state index contributed by atoms with van der Waals surface area (Å²) < 4.78 is 1.88. The van der Waals surface area contributed by atoms with Crippen LogP contribution in [0.25, 0.3) is 5.52 Å². The number of aliphatic hydroxyl groups excluding tert-OH is 1. The molecule has 0 radical (unpaired) electrons. The van der Waals surface area contributed by atoms with Crippen LogP contribution in [0.1, 0.15) is 43.2 Å². The second-order valence-corrected chi connectivity index (χ2v) is 6.64. The summed E-state index contributed by atoms with van der Waals surface area (Å²) in [6.07, 6.45) is 4.17. The topological polar surface area (TPSA) is 66.6 Å². The third-order valence-electron chi connectivity index (χ3n) is 3.50. The highest BCUT2D eigenvalue weighted by Gasteiger charge is 2.21. The van der Waals surface area contributed by atoms with E-state index in [1.165, 1.54) is 0 Å². The molecule has 0 saturated carbocycles. The van der Waals surface area contributed by atoms with E-state index in [0.717, 1.165) is 17.6 Å². The molecule has 2 aromatic heterocycles. The molecule has 0 aliphatic heterocycles. The summed E-state index contributed by atoms with van der Waals surface area (Å²) in [6.45, 7) is 8.09. The number of pyridine rings is 1. The van der Waals surface area contributed by atoms with Crippen molar-refractivity contribution < 1.29 is 9.90 Å². The fourth-order valence-corrected chi connectivity index (χ4v) is 2.53. The Morgan fingerprint density at radius 2 is 2.14 bits per heavy atom. The quantitative estimate of drug-likeness (QED) is 0.906. The number of amides is 1. The second-order valence-electron chi connectivity index (χ2n) is 6.64. The van der Waals surface area contributed by atoms with Gasteiger partial charge in [0.2, 0.25) is 0 Å². The highest BCUT2D eigenvalue weighted by Crippen LogP contribution is 2.21. The number of aromatic nitrogens is 2. The van der Waals surface area contributed by atoms with Crippen LogP contribution in [0.5, 0.6) is 0 Å². The van der Waals surface area contributed by atoms with Crippen LogP contribution >= 0.6 is 0 Å². The molecule has 1 unspecified atom stereocenters. The van der Waals surface area contributed by atoms with Crippen LogP contribution in [0.2, 0.25) is 0 Å². The Balaban J connectivity index is 2.19. The van der Waals surface area contributed by atoms with Gasteiger partial charge in [-0.1, -0.05) is 20.8 Å². The zero-order valence-corrected chi connectivity index (χ0v) is 13.1. The van der Waals surface area contributed by atoms with Crippen molar-refractivity contribution in [1.82, 2.24) is 14.7 Å². The van der Waals surface area contributed by atoms with Crippen LogP contribution in [0, 0.1) is 12.3 Å². The summed E-state index contributed by atoms with van der Waals surface area (Å²) in [5.74, 6) is -0.161. The molecular formula is C16H23N3O2. The van der Waals surface area contributed by atoms with Gasteiger partial charge in [-0.2, -0.15) is 0 Å². The van der Waals surface area contributed by atoms with E-state index in [4.69, 9.17) is 0 Å². The lowest BCUT2D eigenvalue weighted by atomic mass is 9.88. The van der Waals surface area contributed by atoms with Gasteiger partial charge in [0, 0.05) is 5.69 Å². The minimum atomic E-state index is -0.240. The van der Waals surface area contributed by atoms with Gasteiger partial charge >= 0.3 is 0 Å². The molecule has 0 saturated heterocycles. The van der Waals surface area contributed by atoms with Crippen molar-refractivity contribution >= 4 is 11.4 Å². The lowest BCUT2D eigenvalue weighted by Gasteiger charge is -2.25. The first-order valence-corrected chi connectivity index (χ1v) is 7.15. The number of carbonyl (C=O) groups is 1. The summed E-state index contributed by atoms with van der Waals surface area (Å²) in [7, 11) is 0. The fourth-order valence-electron chi connectivity index (χ4n) is 2.53. The van der Waals surface area contributed by atoms with E-state index >= 15 is 0 Å². The normalized spacial score (nSPS) is 13.4. The Labute approximate surface area is 125 Å². The second kappa shape index (κ2) is 5.85. The van der Waals surface area contributed by atoms with Crippen molar-refractivity contribution in [2.75, 3.05) is 6.61 Å². The molecule has 0 spiro atoms. The van der Waals surface area contributed by atoms with E-state index in [1.807, 2.05) is 17.4 Å².